The molecule has 3 nitrogen and oxygen atoms in total. The van der Waals surface area contributed by atoms with Crippen molar-refractivity contribution in [2.24, 2.45) is 0 Å². The van der Waals surface area contributed by atoms with Crippen molar-refractivity contribution in [2.45, 2.75) is 26.7 Å². The van der Waals surface area contributed by atoms with E-state index in [0.29, 0.717) is 5.56 Å². The Bertz CT molecular complexity index is 1140. The molecule has 0 aromatic heterocycles. The number of carbonyl (C=O) groups is 1. The van der Waals surface area contributed by atoms with Crippen molar-refractivity contribution in [3.63, 3.8) is 0 Å². The Morgan fingerprint density at radius 2 is 1.53 bits per heavy atom. The zero-order valence-electron chi connectivity index (χ0n) is 17.9. The third-order valence-electron chi connectivity index (χ3n) is 5.94. The first-order valence-corrected chi connectivity index (χ1v) is 10.2. The summed E-state index contributed by atoms with van der Waals surface area (Å²) >= 11 is 0. The van der Waals surface area contributed by atoms with Crippen molar-refractivity contribution in [2.75, 3.05) is 14.2 Å². The van der Waals surface area contributed by atoms with Gasteiger partial charge in [-0.25, -0.2) is 0 Å². The van der Waals surface area contributed by atoms with Crippen LogP contribution in [0.3, 0.4) is 0 Å². The molecule has 0 radical (unpaired) electrons. The first-order valence-electron chi connectivity index (χ1n) is 10.2. The number of methoxy groups -OCH3 is 2. The van der Waals surface area contributed by atoms with E-state index in [2.05, 4.69) is 31.2 Å². The molecular formula is C27H26O3. The molecule has 0 spiro atoms. The zero-order valence-corrected chi connectivity index (χ0v) is 17.9. The van der Waals surface area contributed by atoms with Gasteiger partial charge in [-0.05, 0) is 84.3 Å². The molecule has 1 aliphatic carbocycles. The van der Waals surface area contributed by atoms with Gasteiger partial charge in [-0.2, -0.15) is 0 Å². The number of carbonyl (C=O) groups excluding carboxylic acids is 1. The van der Waals surface area contributed by atoms with Gasteiger partial charge in [0.05, 0.1) is 14.2 Å². The lowest BCUT2D eigenvalue weighted by Crippen LogP contribution is -2.13. The van der Waals surface area contributed by atoms with Gasteiger partial charge >= 0.3 is 0 Å². The van der Waals surface area contributed by atoms with Crippen molar-refractivity contribution in [1.29, 1.82) is 0 Å². The van der Waals surface area contributed by atoms with E-state index in [1.165, 1.54) is 5.56 Å². The lowest BCUT2D eigenvalue weighted by molar-refractivity contribution is 0.105. The highest BCUT2D eigenvalue weighted by molar-refractivity contribution is 6.35. The van der Waals surface area contributed by atoms with Crippen molar-refractivity contribution in [1.82, 2.24) is 0 Å². The predicted octanol–water partition coefficient (Wildman–Crippen LogP) is 6.06. The number of hydrogen-bond donors (Lipinski definition) is 0. The van der Waals surface area contributed by atoms with Gasteiger partial charge in [0, 0.05) is 11.1 Å². The number of rotatable bonds is 5. The average Bonchev–Trinajstić information content (AvgIpc) is 2.78. The summed E-state index contributed by atoms with van der Waals surface area (Å²) in [6.45, 7) is 4.12. The van der Waals surface area contributed by atoms with Gasteiger partial charge in [-0.3, -0.25) is 4.79 Å². The Hall–Kier alpha value is -3.33. The predicted molar refractivity (Wildman–Crippen MR) is 121 cm³/mol. The fraction of sp³-hybridized carbons (Fsp3) is 0.222. The maximum Gasteiger partial charge on any atom is 0.193 e. The number of fused-ring (bicyclic) bond motifs is 1. The Morgan fingerprint density at radius 3 is 2.23 bits per heavy atom. The highest BCUT2D eigenvalue weighted by atomic mass is 16.5. The standard InChI is InChI=1S/C27H26O3/c1-17-9-15-22(18(2)27(17)30-4)24-16-12-19-7-5-6-8-23(19)25(24)26(28)20-10-13-21(29-3)14-11-20/h5-11,13-15H,12,16H2,1-4H3. The second kappa shape index (κ2) is 8.19. The molecule has 0 aliphatic heterocycles. The molecule has 0 fully saturated rings. The van der Waals surface area contributed by atoms with Gasteiger partial charge in [0.2, 0.25) is 0 Å². The molecule has 3 aromatic rings. The number of ketones is 1. The first-order chi connectivity index (χ1) is 14.5. The van der Waals surface area contributed by atoms with Gasteiger partial charge in [0.15, 0.2) is 5.78 Å². The molecule has 30 heavy (non-hydrogen) atoms. The molecule has 0 saturated carbocycles. The van der Waals surface area contributed by atoms with E-state index >= 15 is 0 Å². The Kier molecular flexibility index (Phi) is 5.45. The largest absolute Gasteiger partial charge is 0.497 e. The fourth-order valence-electron chi connectivity index (χ4n) is 4.41. The maximum absolute atomic E-state index is 13.7. The molecule has 1 aliphatic rings. The molecule has 0 N–H and O–H groups in total. The summed E-state index contributed by atoms with van der Waals surface area (Å²) in [7, 11) is 3.33. The van der Waals surface area contributed by atoms with E-state index in [0.717, 1.165) is 57.7 Å². The minimum atomic E-state index is 0.0405. The van der Waals surface area contributed by atoms with Crippen LogP contribution in [0.2, 0.25) is 0 Å². The molecular weight excluding hydrogens is 372 g/mol. The van der Waals surface area contributed by atoms with E-state index < -0.39 is 0 Å². The van der Waals surface area contributed by atoms with Crippen LogP contribution in [0.1, 0.15) is 44.6 Å². The van der Waals surface area contributed by atoms with Crippen LogP contribution in [-0.2, 0) is 6.42 Å². The molecule has 0 unspecified atom stereocenters. The zero-order chi connectivity index (χ0) is 21.3. The molecule has 3 aromatic carbocycles. The van der Waals surface area contributed by atoms with E-state index in [4.69, 9.17) is 9.47 Å². The van der Waals surface area contributed by atoms with E-state index in [9.17, 15) is 4.79 Å². The van der Waals surface area contributed by atoms with Gasteiger partial charge in [0.25, 0.3) is 0 Å². The van der Waals surface area contributed by atoms with E-state index in [-0.39, 0.29) is 5.78 Å². The van der Waals surface area contributed by atoms with Crippen molar-refractivity contribution < 1.29 is 14.3 Å². The maximum atomic E-state index is 13.7. The van der Waals surface area contributed by atoms with Crippen LogP contribution < -0.4 is 9.47 Å². The van der Waals surface area contributed by atoms with E-state index in [1.807, 2.05) is 43.3 Å². The number of benzene rings is 3. The lowest BCUT2D eigenvalue weighted by Gasteiger charge is -2.25. The van der Waals surface area contributed by atoms with Crippen LogP contribution >= 0.6 is 0 Å². The minimum absolute atomic E-state index is 0.0405. The van der Waals surface area contributed by atoms with Crippen molar-refractivity contribution in [3.8, 4) is 11.5 Å². The van der Waals surface area contributed by atoms with E-state index in [1.54, 1.807) is 14.2 Å². The second-order valence-electron chi connectivity index (χ2n) is 7.66. The van der Waals surface area contributed by atoms with Crippen LogP contribution in [0.15, 0.2) is 60.7 Å². The molecule has 4 rings (SSSR count). The minimum Gasteiger partial charge on any atom is -0.497 e. The topological polar surface area (TPSA) is 35.5 Å². The summed E-state index contributed by atoms with van der Waals surface area (Å²) in [4.78, 5) is 13.7. The van der Waals surface area contributed by atoms with Crippen LogP contribution in [0.25, 0.3) is 11.1 Å². The van der Waals surface area contributed by atoms with Crippen molar-refractivity contribution in [3.05, 3.63) is 94.0 Å². The molecule has 3 heteroatoms. The van der Waals surface area contributed by atoms with Crippen molar-refractivity contribution >= 4 is 16.9 Å². The molecule has 0 bridgehead atoms. The Labute approximate surface area is 178 Å². The number of Topliss-reactive ketones (excluding diaryl/α,β-unsaturated/α-hetero) is 1. The van der Waals surface area contributed by atoms with Crippen LogP contribution in [0, 0.1) is 13.8 Å². The number of ether oxygens (including phenoxy) is 2. The molecule has 0 heterocycles. The fourth-order valence-corrected chi connectivity index (χ4v) is 4.41. The van der Waals surface area contributed by atoms with Crippen LogP contribution in [0.4, 0.5) is 0 Å². The first kappa shape index (κ1) is 20.0. The van der Waals surface area contributed by atoms with Crippen LogP contribution in [-0.4, -0.2) is 20.0 Å². The third-order valence-corrected chi connectivity index (χ3v) is 5.94. The summed E-state index contributed by atoms with van der Waals surface area (Å²) < 4.78 is 10.9. The number of allylic oxidation sites excluding steroid dienone is 2. The molecule has 0 saturated heterocycles. The summed E-state index contributed by atoms with van der Waals surface area (Å²) in [5, 5.41) is 0. The highest BCUT2D eigenvalue weighted by Crippen LogP contribution is 2.41. The van der Waals surface area contributed by atoms with Gasteiger partial charge in [-0.15, -0.1) is 0 Å². The van der Waals surface area contributed by atoms with Gasteiger partial charge in [-0.1, -0.05) is 36.4 Å². The van der Waals surface area contributed by atoms with Gasteiger partial charge in [0.1, 0.15) is 11.5 Å². The average molecular weight is 399 g/mol. The second-order valence-corrected chi connectivity index (χ2v) is 7.66. The highest BCUT2D eigenvalue weighted by Gasteiger charge is 2.27. The van der Waals surface area contributed by atoms with Crippen LogP contribution in [0.5, 0.6) is 11.5 Å². The normalized spacial score (nSPS) is 13.1. The molecule has 0 amide bonds. The monoisotopic (exact) mass is 398 g/mol. The Balaban J connectivity index is 1.94. The summed E-state index contributed by atoms with van der Waals surface area (Å²) in [6.07, 6.45) is 1.74. The lowest BCUT2D eigenvalue weighted by atomic mass is 9.78. The molecule has 0 atom stereocenters. The Morgan fingerprint density at radius 1 is 0.800 bits per heavy atom. The smallest absolute Gasteiger partial charge is 0.193 e. The summed E-state index contributed by atoms with van der Waals surface area (Å²) in [5.74, 6) is 1.66. The number of aryl methyl sites for hydroxylation is 2. The molecule has 152 valence electrons. The quantitative estimate of drug-likeness (QED) is 0.490. The number of hydrogen-bond acceptors (Lipinski definition) is 3. The third kappa shape index (κ3) is 3.41. The SMILES string of the molecule is COc1ccc(C(=O)C2=C(c3ccc(C)c(OC)c3C)CCc3ccccc32)cc1. The summed E-state index contributed by atoms with van der Waals surface area (Å²) in [5.41, 5.74) is 8.04. The van der Waals surface area contributed by atoms with Gasteiger partial charge < -0.3 is 9.47 Å². The summed E-state index contributed by atoms with van der Waals surface area (Å²) in [6, 6.07) is 19.8.